The van der Waals surface area contributed by atoms with Gasteiger partial charge in [-0.1, -0.05) is 31.4 Å². The molecule has 9 nitrogen and oxygen atoms in total. The van der Waals surface area contributed by atoms with Gasteiger partial charge in [0.1, 0.15) is 5.65 Å². The van der Waals surface area contributed by atoms with Gasteiger partial charge in [-0.3, -0.25) is 19.4 Å². The van der Waals surface area contributed by atoms with Gasteiger partial charge in [0, 0.05) is 10.9 Å². The summed E-state index contributed by atoms with van der Waals surface area (Å²) in [5.74, 6) is -1.55. The van der Waals surface area contributed by atoms with Crippen LogP contribution in [0.3, 0.4) is 0 Å². The van der Waals surface area contributed by atoms with Gasteiger partial charge >= 0.3 is 5.97 Å². The van der Waals surface area contributed by atoms with Crippen molar-refractivity contribution in [2.45, 2.75) is 38.1 Å². The third kappa shape index (κ3) is 2.89. The molecule has 0 spiro atoms. The summed E-state index contributed by atoms with van der Waals surface area (Å²) in [5.41, 5.74) is 1.79. The number of carboxylic acids is 1. The van der Waals surface area contributed by atoms with Gasteiger partial charge in [-0.25, -0.2) is 4.79 Å². The Labute approximate surface area is 191 Å². The summed E-state index contributed by atoms with van der Waals surface area (Å²) in [7, 11) is 0. The zero-order valence-electron chi connectivity index (χ0n) is 18.1. The minimum absolute atomic E-state index is 0.0375. The van der Waals surface area contributed by atoms with Crippen molar-refractivity contribution in [1.29, 1.82) is 0 Å². The molecule has 172 valence electrons. The van der Waals surface area contributed by atoms with Crippen LogP contribution in [0.25, 0.3) is 44.2 Å². The fourth-order valence-electron chi connectivity index (χ4n) is 5.13. The van der Waals surface area contributed by atoms with Crippen LogP contribution in [0.2, 0.25) is 0 Å². The van der Waals surface area contributed by atoms with E-state index in [1.54, 1.807) is 18.2 Å². The number of furan rings is 1. The van der Waals surface area contributed by atoms with Crippen molar-refractivity contribution >= 4 is 39.1 Å². The van der Waals surface area contributed by atoms with Crippen LogP contribution in [0.15, 0.2) is 50.4 Å². The fraction of sp³-hybridized carbons (Fsp3) is 0.240. The second kappa shape index (κ2) is 7.38. The van der Waals surface area contributed by atoms with Gasteiger partial charge < -0.3 is 19.6 Å². The molecule has 9 heteroatoms. The summed E-state index contributed by atoms with van der Waals surface area (Å²) >= 11 is 0. The normalized spacial score (nSPS) is 14.9. The first-order chi connectivity index (χ1) is 16.4. The lowest BCUT2D eigenvalue weighted by atomic mass is 9.95. The van der Waals surface area contributed by atoms with Gasteiger partial charge in [0.05, 0.1) is 22.5 Å². The molecule has 0 amide bonds. The van der Waals surface area contributed by atoms with E-state index in [9.17, 15) is 24.6 Å². The van der Waals surface area contributed by atoms with Crippen molar-refractivity contribution in [2.75, 3.05) is 0 Å². The van der Waals surface area contributed by atoms with Crippen molar-refractivity contribution in [3.05, 3.63) is 62.5 Å². The first kappa shape index (κ1) is 20.3. The summed E-state index contributed by atoms with van der Waals surface area (Å²) < 4.78 is 7.87. The number of carboxylic acid groups (broad SMARTS) is 1. The Morgan fingerprint density at radius 3 is 2.44 bits per heavy atom. The highest BCUT2D eigenvalue weighted by Gasteiger charge is 2.26. The number of phenols is 1. The molecule has 1 aliphatic rings. The topological polar surface area (TPSA) is 141 Å². The van der Waals surface area contributed by atoms with Crippen LogP contribution in [0, 0.1) is 0 Å². The van der Waals surface area contributed by atoms with Gasteiger partial charge in [0.15, 0.2) is 11.2 Å². The number of aromatic nitrogens is 3. The monoisotopic (exact) mass is 459 g/mol. The number of aromatic carboxylic acids is 1. The van der Waals surface area contributed by atoms with Crippen molar-refractivity contribution in [3.63, 3.8) is 0 Å². The van der Waals surface area contributed by atoms with Crippen molar-refractivity contribution < 1.29 is 19.4 Å². The molecule has 0 aliphatic heterocycles. The molecule has 34 heavy (non-hydrogen) atoms. The molecule has 5 aromatic rings. The van der Waals surface area contributed by atoms with E-state index in [4.69, 9.17) is 4.42 Å². The Kier molecular flexibility index (Phi) is 4.41. The van der Waals surface area contributed by atoms with Crippen LogP contribution in [0.4, 0.5) is 0 Å². The average Bonchev–Trinajstić information content (AvgIpc) is 3.39. The number of benzene rings is 2. The number of rotatable bonds is 3. The minimum Gasteiger partial charge on any atom is -0.502 e. The lowest BCUT2D eigenvalue weighted by Gasteiger charge is -2.23. The zero-order valence-corrected chi connectivity index (χ0v) is 18.1. The van der Waals surface area contributed by atoms with E-state index < -0.39 is 17.1 Å². The number of carbonyl (C=O) groups is 1. The van der Waals surface area contributed by atoms with Gasteiger partial charge in [-0.2, -0.15) is 0 Å². The summed E-state index contributed by atoms with van der Waals surface area (Å²) in [6.45, 7) is 0. The molecule has 0 radical (unpaired) electrons. The Bertz CT molecular complexity index is 1710. The molecule has 0 atom stereocenters. The van der Waals surface area contributed by atoms with E-state index in [-0.39, 0.29) is 22.7 Å². The largest absolute Gasteiger partial charge is 0.502 e. The van der Waals surface area contributed by atoms with Gasteiger partial charge in [0.25, 0.3) is 5.56 Å². The number of nitrogens with zero attached hydrogens (tertiary/aromatic N) is 1. The number of hydrogen-bond donors (Lipinski definition) is 4. The number of aromatic amines is 2. The molecule has 3 heterocycles. The van der Waals surface area contributed by atoms with E-state index in [2.05, 4.69) is 10.1 Å². The molecule has 0 unspecified atom stereocenters. The molecule has 6 rings (SSSR count). The van der Waals surface area contributed by atoms with E-state index in [1.807, 2.05) is 4.68 Å². The number of fused-ring (bicyclic) bond motifs is 4. The molecule has 2 aromatic carbocycles. The lowest BCUT2D eigenvalue weighted by molar-refractivity contribution is 0.0697. The van der Waals surface area contributed by atoms with Crippen molar-refractivity contribution in [2.24, 2.45) is 0 Å². The second-order valence-corrected chi connectivity index (χ2v) is 8.80. The van der Waals surface area contributed by atoms with E-state index in [1.165, 1.54) is 18.2 Å². The Hall–Kier alpha value is -4.27. The van der Waals surface area contributed by atoms with Gasteiger partial charge in [-0.15, -0.1) is 0 Å². The maximum absolute atomic E-state index is 13.3. The van der Waals surface area contributed by atoms with Crippen LogP contribution in [-0.2, 0) is 0 Å². The number of pyridine rings is 1. The Balaban J connectivity index is 1.75. The lowest BCUT2D eigenvalue weighted by Crippen LogP contribution is -2.16. The number of nitrogens with one attached hydrogen (secondary N) is 2. The number of H-pyrrole nitrogens is 2. The van der Waals surface area contributed by atoms with Crippen LogP contribution in [0.1, 0.15) is 48.5 Å². The Morgan fingerprint density at radius 1 is 1.00 bits per heavy atom. The van der Waals surface area contributed by atoms with E-state index in [0.717, 1.165) is 32.1 Å². The maximum atomic E-state index is 13.3. The van der Waals surface area contributed by atoms with Crippen molar-refractivity contribution in [1.82, 2.24) is 14.8 Å². The molecule has 1 fully saturated rings. The molecular formula is C25H21N3O6. The van der Waals surface area contributed by atoms with Crippen LogP contribution in [-0.4, -0.2) is 30.9 Å². The molecule has 3 aromatic heterocycles. The summed E-state index contributed by atoms with van der Waals surface area (Å²) in [4.78, 5) is 40.0. The quantitative estimate of drug-likeness (QED) is 0.313. The molecule has 4 N–H and O–H groups in total. The van der Waals surface area contributed by atoms with Crippen LogP contribution < -0.4 is 11.0 Å². The highest BCUT2D eigenvalue weighted by molar-refractivity contribution is 6.15. The molecule has 0 bridgehead atoms. The molecule has 1 saturated carbocycles. The smallest absolute Gasteiger partial charge is 0.335 e. The van der Waals surface area contributed by atoms with Gasteiger partial charge in [-0.05, 0) is 42.7 Å². The van der Waals surface area contributed by atoms with E-state index >= 15 is 0 Å². The van der Waals surface area contributed by atoms with Crippen LogP contribution in [0.5, 0.6) is 5.75 Å². The van der Waals surface area contributed by atoms with Gasteiger partial charge in [0.2, 0.25) is 11.2 Å². The third-order valence-electron chi connectivity index (χ3n) is 6.80. The first-order valence-corrected chi connectivity index (χ1v) is 11.2. The number of phenolic OH excluding ortho intramolecular Hbond substituents is 1. The summed E-state index contributed by atoms with van der Waals surface area (Å²) in [5, 5.41) is 23.5. The second-order valence-electron chi connectivity index (χ2n) is 8.80. The minimum atomic E-state index is -1.05. The summed E-state index contributed by atoms with van der Waals surface area (Å²) in [6.07, 6.45) is 5.21. The number of aromatic hydroxyl groups is 1. The maximum Gasteiger partial charge on any atom is 0.335 e. The predicted octanol–water partition coefficient (Wildman–Crippen LogP) is 4.49. The highest BCUT2D eigenvalue weighted by atomic mass is 16.4. The molecule has 0 saturated heterocycles. The number of hydrogen-bond acceptors (Lipinski definition) is 5. The fourth-order valence-corrected chi connectivity index (χ4v) is 5.13. The zero-order chi connectivity index (χ0) is 23.6. The highest BCUT2D eigenvalue weighted by Crippen LogP contribution is 2.41. The SMILES string of the molecule is O=C(O)c1ccc(-c2c3oc4c(O)c(=O)ccc4c3[nH]c3c2c(=O)[nH]n3C2CCCCC2)cc1. The van der Waals surface area contributed by atoms with E-state index in [0.29, 0.717) is 38.6 Å². The Morgan fingerprint density at radius 2 is 1.74 bits per heavy atom. The standard InChI is InChI=1S/C25H21N3O6/c29-16-11-10-15-19-22(34-21(15)20(16)30)17(12-6-8-13(9-7-12)25(32)33)18-23(26-19)28(27-24(18)31)14-4-2-1-3-5-14/h6-11,14,26,30H,1-5H2,(H,27,31)(H,32,33). The first-order valence-electron chi connectivity index (χ1n) is 11.2. The predicted molar refractivity (Wildman–Crippen MR) is 127 cm³/mol. The third-order valence-corrected chi connectivity index (χ3v) is 6.80. The molecular weight excluding hydrogens is 438 g/mol. The van der Waals surface area contributed by atoms with Crippen molar-refractivity contribution in [3.8, 4) is 16.9 Å². The van der Waals surface area contributed by atoms with Crippen LogP contribution >= 0.6 is 0 Å². The average molecular weight is 459 g/mol. The summed E-state index contributed by atoms with van der Waals surface area (Å²) in [6, 6.07) is 9.18. The molecule has 1 aliphatic carbocycles.